The first kappa shape index (κ1) is 7.54. The van der Waals surface area contributed by atoms with E-state index in [0.717, 1.165) is 0 Å². The van der Waals surface area contributed by atoms with E-state index in [1.165, 1.54) is 0 Å². The molecule has 0 aromatic heterocycles. The second-order valence-corrected chi connectivity index (χ2v) is 2.54. The summed E-state index contributed by atoms with van der Waals surface area (Å²) in [5.41, 5.74) is 0. The highest BCUT2D eigenvalue weighted by Crippen LogP contribution is 2.19. The Morgan fingerprint density at radius 2 is 2.60 bits per heavy atom. The summed E-state index contributed by atoms with van der Waals surface area (Å²) in [6.45, 7) is 2.33. The van der Waals surface area contributed by atoms with E-state index in [9.17, 15) is 9.90 Å². The standard InChI is InChI=1S/C7H12O3/c1-2-6(8)5-3-4-10-7(5)9/h5-6,8H,2-4H2,1H3. The van der Waals surface area contributed by atoms with Gasteiger partial charge in [0.15, 0.2) is 0 Å². The Labute approximate surface area is 60.0 Å². The molecule has 1 saturated heterocycles. The molecule has 0 spiro atoms. The Morgan fingerprint density at radius 3 is 3.00 bits per heavy atom. The summed E-state index contributed by atoms with van der Waals surface area (Å²) in [5.74, 6) is -0.501. The van der Waals surface area contributed by atoms with Gasteiger partial charge in [-0.3, -0.25) is 4.79 Å². The first-order valence-corrected chi connectivity index (χ1v) is 3.60. The third-order valence-corrected chi connectivity index (χ3v) is 1.86. The van der Waals surface area contributed by atoms with Crippen molar-refractivity contribution >= 4 is 5.97 Å². The van der Waals surface area contributed by atoms with E-state index in [4.69, 9.17) is 0 Å². The zero-order valence-electron chi connectivity index (χ0n) is 6.04. The van der Waals surface area contributed by atoms with Gasteiger partial charge in [-0.1, -0.05) is 6.92 Å². The maximum Gasteiger partial charge on any atom is 0.311 e. The fourth-order valence-corrected chi connectivity index (χ4v) is 1.15. The number of hydrogen-bond acceptors (Lipinski definition) is 3. The highest BCUT2D eigenvalue weighted by Gasteiger charge is 2.31. The van der Waals surface area contributed by atoms with Crippen molar-refractivity contribution in [2.24, 2.45) is 5.92 Å². The number of carbonyl (C=O) groups is 1. The number of ether oxygens (including phenoxy) is 1. The lowest BCUT2D eigenvalue weighted by Gasteiger charge is -2.10. The molecule has 0 bridgehead atoms. The van der Waals surface area contributed by atoms with Gasteiger partial charge in [-0.25, -0.2) is 0 Å². The van der Waals surface area contributed by atoms with E-state index >= 15 is 0 Å². The van der Waals surface area contributed by atoms with E-state index in [0.29, 0.717) is 19.4 Å². The molecule has 1 fully saturated rings. The molecular formula is C7H12O3. The normalized spacial score (nSPS) is 28.2. The molecule has 0 radical (unpaired) electrons. The number of esters is 1. The van der Waals surface area contributed by atoms with E-state index in [1.54, 1.807) is 0 Å². The van der Waals surface area contributed by atoms with E-state index < -0.39 is 6.10 Å². The Morgan fingerprint density at radius 1 is 1.90 bits per heavy atom. The third kappa shape index (κ3) is 1.29. The van der Waals surface area contributed by atoms with Crippen LogP contribution in [0.25, 0.3) is 0 Å². The van der Waals surface area contributed by atoms with Crippen molar-refractivity contribution in [2.75, 3.05) is 6.61 Å². The Bertz CT molecular complexity index is 133. The lowest BCUT2D eigenvalue weighted by Crippen LogP contribution is -2.23. The lowest BCUT2D eigenvalue weighted by molar-refractivity contribution is -0.144. The van der Waals surface area contributed by atoms with Crippen LogP contribution in [0.1, 0.15) is 19.8 Å². The first-order chi connectivity index (χ1) is 4.75. The molecule has 58 valence electrons. The van der Waals surface area contributed by atoms with Crippen LogP contribution in [0, 0.1) is 5.92 Å². The second-order valence-electron chi connectivity index (χ2n) is 2.54. The van der Waals surface area contributed by atoms with Gasteiger partial charge in [-0.15, -0.1) is 0 Å². The molecule has 0 saturated carbocycles. The lowest BCUT2D eigenvalue weighted by atomic mass is 9.99. The van der Waals surface area contributed by atoms with E-state index in [-0.39, 0.29) is 11.9 Å². The molecule has 0 amide bonds. The van der Waals surface area contributed by atoms with Crippen LogP contribution < -0.4 is 0 Å². The highest BCUT2D eigenvalue weighted by molar-refractivity contribution is 5.74. The number of rotatable bonds is 2. The monoisotopic (exact) mass is 144 g/mol. The number of carbonyl (C=O) groups excluding carboxylic acids is 1. The zero-order valence-corrected chi connectivity index (χ0v) is 6.04. The van der Waals surface area contributed by atoms with Crippen LogP contribution in [0.15, 0.2) is 0 Å². The molecular weight excluding hydrogens is 132 g/mol. The van der Waals surface area contributed by atoms with Crippen LogP contribution >= 0.6 is 0 Å². The maximum absolute atomic E-state index is 10.8. The van der Waals surface area contributed by atoms with Gasteiger partial charge in [0.1, 0.15) is 0 Å². The van der Waals surface area contributed by atoms with Crippen molar-refractivity contribution in [3.8, 4) is 0 Å². The van der Waals surface area contributed by atoms with Gasteiger partial charge in [-0.05, 0) is 12.8 Å². The molecule has 2 unspecified atom stereocenters. The van der Waals surface area contributed by atoms with E-state index in [1.807, 2.05) is 6.92 Å². The molecule has 1 heterocycles. The minimum absolute atomic E-state index is 0.241. The summed E-state index contributed by atoms with van der Waals surface area (Å²) in [5, 5.41) is 9.23. The van der Waals surface area contributed by atoms with Crippen LogP contribution in [-0.2, 0) is 9.53 Å². The Hall–Kier alpha value is -0.570. The quantitative estimate of drug-likeness (QED) is 0.568. The van der Waals surface area contributed by atoms with Crippen LogP contribution in [0.5, 0.6) is 0 Å². The summed E-state index contributed by atoms with van der Waals surface area (Å²) in [6, 6.07) is 0. The first-order valence-electron chi connectivity index (χ1n) is 3.60. The summed E-state index contributed by atoms with van der Waals surface area (Å²) in [4.78, 5) is 10.8. The molecule has 2 atom stereocenters. The molecule has 0 aromatic rings. The van der Waals surface area contributed by atoms with Crippen molar-refractivity contribution in [2.45, 2.75) is 25.9 Å². The van der Waals surface area contributed by atoms with Crippen molar-refractivity contribution in [3.05, 3.63) is 0 Å². The van der Waals surface area contributed by atoms with Gasteiger partial charge < -0.3 is 9.84 Å². The summed E-state index contributed by atoms with van der Waals surface area (Å²) >= 11 is 0. The van der Waals surface area contributed by atoms with Gasteiger partial charge in [0.05, 0.1) is 18.6 Å². The largest absolute Gasteiger partial charge is 0.465 e. The van der Waals surface area contributed by atoms with Gasteiger partial charge in [0, 0.05) is 0 Å². The highest BCUT2D eigenvalue weighted by atomic mass is 16.5. The molecule has 0 aliphatic carbocycles. The zero-order chi connectivity index (χ0) is 7.56. The van der Waals surface area contributed by atoms with Crippen molar-refractivity contribution in [1.82, 2.24) is 0 Å². The minimum Gasteiger partial charge on any atom is -0.465 e. The molecule has 1 N–H and O–H groups in total. The van der Waals surface area contributed by atoms with Crippen molar-refractivity contribution < 1.29 is 14.6 Å². The number of cyclic esters (lactones) is 1. The summed E-state index contributed by atoms with van der Waals surface area (Å²) in [7, 11) is 0. The van der Waals surface area contributed by atoms with Crippen LogP contribution in [0.3, 0.4) is 0 Å². The molecule has 10 heavy (non-hydrogen) atoms. The number of hydrogen-bond donors (Lipinski definition) is 1. The van der Waals surface area contributed by atoms with Gasteiger partial charge >= 0.3 is 5.97 Å². The number of aliphatic hydroxyl groups is 1. The average molecular weight is 144 g/mol. The second kappa shape index (κ2) is 3.01. The molecule has 1 aliphatic rings. The Kier molecular flexibility index (Phi) is 2.27. The average Bonchev–Trinajstić information content (AvgIpc) is 2.34. The molecule has 3 heteroatoms. The van der Waals surface area contributed by atoms with Crippen LogP contribution in [0.4, 0.5) is 0 Å². The third-order valence-electron chi connectivity index (χ3n) is 1.86. The fraction of sp³-hybridized carbons (Fsp3) is 0.857. The number of aliphatic hydroxyl groups excluding tert-OH is 1. The van der Waals surface area contributed by atoms with Crippen molar-refractivity contribution in [1.29, 1.82) is 0 Å². The SMILES string of the molecule is CCC(O)C1CCOC1=O. The van der Waals surface area contributed by atoms with E-state index in [2.05, 4.69) is 4.74 Å². The maximum atomic E-state index is 10.8. The summed E-state index contributed by atoms with van der Waals surface area (Å²) in [6.07, 6.45) is 0.795. The predicted octanol–water partition coefficient (Wildman–Crippen LogP) is 0.320. The van der Waals surface area contributed by atoms with Gasteiger partial charge in [0.25, 0.3) is 0 Å². The minimum atomic E-state index is -0.505. The fourth-order valence-electron chi connectivity index (χ4n) is 1.15. The molecule has 3 nitrogen and oxygen atoms in total. The topological polar surface area (TPSA) is 46.5 Å². The van der Waals surface area contributed by atoms with Crippen LogP contribution in [0.2, 0.25) is 0 Å². The van der Waals surface area contributed by atoms with Crippen LogP contribution in [-0.4, -0.2) is 23.8 Å². The summed E-state index contributed by atoms with van der Waals surface area (Å²) < 4.78 is 4.69. The molecule has 0 aromatic carbocycles. The molecule has 1 rings (SSSR count). The Balaban J connectivity index is 2.46. The predicted molar refractivity (Wildman–Crippen MR) is 35.4 cm³/mol. The van der Waals surface area contributed by atoms with Crippen molar-refractivity contribution in [3.63, 3.8) is 0 Å². The smallest absolute Gasteiger partial charge is 0.311 e. The van der Waals surface area contributed by atoms with Gasteiger partial charge in [-0.2, -0.15) is 0 Å². The molecule has 1 aliphatic heterocycles. The van der Waals surface area contributed by atoms with Gasteiger partial charge in [0.2, 0.25) is 0 Å².